The van der Waals surface area contributed by atoms with E-state index in [1.165, 1.54) is 0 Å². The van der Waals surface area contributed by atoms with Gasteiger partial charge in [0.25, 0.3) is 0 Å². The second-order valence-electron chi connectivity index (χ2n) is 7.97. The summed E-state index contributed by atoms with van der Waals surface area (Å²) in [5.41, 5.74) is 1.10. The molecule has 3 atom stereocenters. The van der Waals surface area contributed by atoms with Crippen LogP contribution >= 0.6 is 0 Å². The molecule has 1 aliphatic carbocycles. The van der Waals surface area contributed by atoms with Crippen LogP contribution in [0.1, 0.15) is 52.9 Å². The zero-order chi connectivity index (χ0) is 15.7. The summed E-state index contributed by atoms with van der Waals surface area (Å²) in [6.07, 6.45) is 4.52. The van der Waals surface area contributed by atoms with Gasteiger partial charge in [-0.05, 0) is 31.0 Å². The Kier molecular flexibility index (Phi) is 5.16. The number of oxime groups is 1. The van der Waals surface area contributed by atoms with Crippen LogP contribution in [0, 0.1) is 5.92 Å². The summed E-state index contributed by atoms with van der Waals surface area (Å²) in [4.78, 5) is 5.51. The Bertz CT molecular complexity index is 389. The van der Waals surface area contributed by atoms with E-state index in [0.29, 0.717) is 5.92 Å². The summed E-state index contributed by atoms with van der Waals surface area (Å²) in [6.45, 7) is 12.0. The fraction of sp³-hybridized carbons (Fsp3) is 0.938. The lowest BCUT2D eigenvalue weighted by Gasteiger charge is -2.36. The molecule has 4 nitrogen and oxygen atoms in total. The molecule has 2 rings (SSSR count). The van der Waals surface area contributed by atoms with Gasteiger partial charge in [-0.25, -0.2) is 0 Å². The lowest BCUT2D eigenvalue weighted by molar-refractivity contribution is -0.0342. The Morgan fingerprint density at radius 2 is 1.95 bits per heavy atom. The highest BCUT2D eigenvalue weighted by atomic mass is 28.4. The van der Waals surface area contributed by atoms with E-state index in [9.17, 15) is 5.11 Å². The molecule has 0 bridgehead atoms. The van der Waals surface area contributed by atoms with Crippen molar-refractivity contribution in [1.82, 2.24) is 0 Å². The molecule has 21 heavy (non-hydrogen) atoms. The van der Waals surface area contributed by atoms with Gasteiger partial charge in [0.15, 0.2) is 14.4 Å². The first-order valence-electron chi connectivity index (χ1n) is 8.27. The van der Waals surface area contributed by atoms with Gasteiger partial charge < -0.3 is 14.4 Å². The lowest BCUT2D eigenvalue weighted by atomic mass is 9.90. The van der Waals surface area contributed by atoms with Crippen LogP contribution in [-0.4, -0.2) is 38.0 Å². The molecule has 0 aromatic carbocycles. The van der Waals surface area contributed by atoms with E-state index in [1.807, 2.05) is 0 Å². The van der Waals surface area contributed by atoms with E-state index >= 15 is 0 Å². The van der Waals surface area contributed by atoms with E-state index in [4.69, 9.17) is 9.26 Å². The zero-order valence-corrected chi connectivity index (χ0v) is 15.2. The van der Waals surface area contributed by atoms with Crippen molar-refractivity contribution in [1.29, 1.82) is 0 Å². The molecule has 0 amide bonds. The standard InChI is InChI=1S/C16H31NO3Si/c1-16(2,3)21(4,5)19-11-10-13-12-8-6-7-9-14(18)15(12)20-17-13/h12,14-15,18H,6-11H2,1-5H3/t12-,14-,15+/m0/s1. The smallest absolute Gasteiger partial charge is 0.191 e. The topological polar surface area (TPSA) is 51.0 Å². The predicted molar refractivity (Wildman–Crippen MR) is 88.0 cm³/mol. The molecule has 0 unspecified atom stereocenters. The Balaban J connectivity index is 1.87. The van der Waals surface area contributed by atoms with Gasteiger partial charge in [0.1, 0.15) is 0 Å². The van der Waals surface area contributed by atoms with Crippen molar-refractivity contribution < 1.29 is 14.4 Å². The van der Waals surface area contributed by atoms with E-state index in [0.717, 1.165) is 44.4 Å². The van der Waals surface area contributed by atoms with E-state index in [-0.39, 0.29) is 17.2 Å². The molecule has 0 radical (unpaired) electrons. The van der Waals surface area contributed by atoms with Crippen LogP contribution in [0.15, 0.2) is 5.16 Å². The number of hydrogen-bond donors (Lipinski definition) is 1. The number of hydrogen-bond acceptors (Lipinski definition) is 4. The first kappa shape index (κ1) is 17.0. The first-order valence-corrected chi connectivity index (χ1v) is 11.2. The van der Waals surface area contributed by atoms with Gasteiger partial charge in [-0.1, -0.05) is 38.8 Å². The van der Waals surface area contributed by atoms with Crippen LogP contribution in [0.2, 0.25) is 18.1 Å². The minimum atomic E-state index is -1.69. The third-order valence-corrected chi connectivity index (χ3v) is 9.93. The summed E-state index contributed by atoms with van der Waals surface area (Å²) in [6, 6.07) is 0. The highest BCUT2D eigenvalue weighted by molar-refractivity contribution is 6.74. The maximum Gasteiger partial charge on any atom is 0.191 e. The van der Waals surface area contributed by atoms with Gasteiger partial charge in [0.2, 0.25) is 0 Å². The van der Waals surface area contributed by atoms with E-state index in [2.05, 4.69) is 39.0 Å². The molecule has 1 saturated carbocycles. The average Bonchev–Trinajstić information content (AvgIpc) is 2.67. The molecular formula is C16H31NO3Si. The van der Waals surface area contributed by atoms with Crippen molar-refractivity contribution in [2.75, 3.05) is 6.61 Å². The maximum absolute atomic E-state index is 10.1. The Morgan fingerprint density at radius 1 is 1.29 bits per heavy atom. The summed E-state index contributed by atoms with van der Waals surface area (Å²) in [5.74, 6) is 0.297. The minimum Gasteiger partial charge on any atom is -0.416 e. The quantitative estimate of drug-likeness (QED) is 0.805. The van der Waals surface area contributed by atoms with Crippen molar-refractivity contribution >= 4 is 14.0 Å². The van der Waals surface area contributed by atoms with Gasteiger partial charge in [-0.2, -0.15) is 0 Å². The molecule has 122 valence electrons. The van der Waals surface area contributed by atoms with Crippen LogP contribution in [0.4, 0.5) is 0 Å². The summed E-state index contributed by atoms with van der Waals surface area (Å²) < 4.78 is 6.23. The number of nitrogens with zero attached hydrogens (tertiary/aromatic N) is 1. The van der Waals surface area contributed by atoms with Crippen molar-refractivity contribution in [2.45, 2.75) is 83.2 Å². The third kappa shape index (κ3) is 3.87. The SMILES string of the molecule is CC(C)(C)[Si](C)(C)OCCC1=NO[C@H]2[C@@H](O)CCCC[C@@H]12. The van der Waals surface area contributed by atoms with Crippen LogP contribution < -0.4 is 0 Å². The molecule has 0 saturated heterocycles. The third-order valence-electron chi connectivity index (χ3n) is 5.39. The van der Waals surface area contributed by atoms with Crippen LogP contribution in [0.3, 0.4) is 0 Å². The summed E-state index contributed by atoms with van der Waals surface area (Å²) in [5, 5.41) is 14.6. The van der Waals surface area contributed by atoms with Gasteiger partial charge in [0, 0.05) is 18.9 Å². The second-order valence-corrected chi connectivity index (χ2v) is 12.8. The predicted octanol–water partition coefficient (Wildman–Crippen LogP) is 3.70. The second kappa shape index (κ2) is 6.38. The van der Waals surface area contributed by atoms with Crippen LogP contribution in [0.25, 0.3) is 0 Å². The minimum absolute atomic E-state index is 0.115. The summed E-state index contributed by atoms with van der Waals surface area (Å²) >= 11 is 0. The average molecular weight is 314 g/mol. The fourth-order valence-corrected chi connectivity index (χ4v) is 3.91. The van der Waals surface area contributed by atoms with E-state index < -0.39 is 8.32 Å². The number of aliphatic hydroxyl groups is 1. The Hall–Kier alpha value is -0.393. The highest BCUT2D eigenvalue weighted by Gasteiger charge is 2.41. The molecule has 1 N–H and O–H groups in total. The zero-order valence-electron chi connectivity index (χ0n) is 14.2. The molecule has 1 aliphatic heterocycles. The van der Waals surface area contributed by atoms with Gasteiger partial charge in [0.05, 0.1) is 11.8 Å². The molecule has 1 fully saturated rings. The molecule has 5 heteroatoms. The lowest BCUT2D eigenvalue weighted by Crippen LogP contribution is -2.41. The van der Waals surface area contributed by atoms with Crippen molar-refractivity contribution in [3.63, 3.8) is 0 Å². The monoisotopic (exact) mass is 313 g/mol. The molecular weight excluding hydrogens is 282 g/mol. The Labute approximate surface area is 130 Å². The molecule has 0 spiro atoms. The van der Waals surface area contributed by atoms with Crippen molar-refractivity contribution in [3.05, 3.63) is 0 Å². The molecule has 2 aliphatic rings. The fourth-order valence-electron chi connectivity index (χ4n) is 2.87. The van der Waals surface area contributed by atoms with Crippen molar-refractivity contribution in [3.8, 4) is 0 Å². The van der Waals surface area contributed by atoms with Gasteiger partial charge in [-0.3, -0.25) is 0 Å². The highest BCUT2D eigenvalue weighted by Crippen LogP contribution is 2.37. The van der Waals surface area contributed by atoms with Gasteiger partial charge >= 0.3 is 0 Å². The molecule has 1 heterocycles. The normalized spacial score (nSPS) is 30.4. The van der Waals surface area contributed by atoms with Crippen LogP contribution in [0.5, 0.6) is 0 Å². The largest absolute Gasteiger partial charge is 0.416 e. The number of rotatable bonds is 4. The molecule has 0 aromatic rings. The first-order chi connectivity index (χ1) is 9.72. The van der Waals surface area contributed by atoms with Crippen molar-refractivity contribution in [2.24, 2.45) is 11.1 Å². The van der Waals surface area contributed by atoms with Crippen LogP contribution in [-0.2, 0) is 9.26 Å². The maximum atomic E-state index is 10.1. The Morgan fingerprint density at radius 3 is 2.62 bits per heavy atom. The number of fused-ring (bicyclic) bond motifs is 1. The van der Waals surface area contributed by atoms with E-state index in [1.54, 1.807) is 0 Å². The summed E-state index contributed by atoms with van der Waals surface area (Å²) in [7, 11) is -1.69. The number of aliphatic hydroxyl groups excluding tert-OH is 1. The van der Waals surface area contributed by atoms with Gasteiger partial charge in [-0.15, -0.1) is 0 Å². The molecule has 0 aromatic heterocycles.